The van der Waals surface area contributed by atoms with E-state index in [0.717, 1.165) is 24.1 Å². The van der Waals surface area contributed by atoms with Gasteiger partial charge in [0.1, 0.15) is 6.10 Å². The zero-order chi connectivity index (χ0) is 18.1. The Balaban J connectivity index is 1.54. The number of para-hydroxylation sites is 1. The average molecular weight is 358 g/mol. The Bertz CT molecular complexity index is 691. The van der Waals surface area contributed by atoms with Crippen molar-refractivity contribution in [2.75, 3.05) is 44.9 Å². The van der Waals surface area contributed by atoms with E-state index < -0.39 is 5.41 Å². The highest BCUT2D eigenvalue weighted by Crippen LogP contribution is 2.47. The number of rotatable bonds is 4. The molecular formula is C20H26N2O4. The highest BCUT2D eigenvalue weighted by molar-refractivity contribution is 6.08. The quantitative estimate of drug-likeness (QED) is 0.822. The van der Waals surface area contributed by atoms with E-state index in [-0.39, 0.29) is 17.9 Å². The predicted octanol–water partition coefficient (Wildman–Crippen LogP) is 1.72. The van der Waals surface area contributed by atoms with Gasteiger partial charge in [-0.25, -0.2) is 0 Å². The first-order chi connectivity index (χ1) is 12.7. The fourth-order valence-corrected chi connectivity index (χ4v) is 4.57. The van der Waals surface area contributed by atoms with Crippen LogP contribution in [0.25, 0.3) is 0 Å². The fourth-order valence-electron chi connectivity index (χ4n) is 4.57. The van der Waals surface area contributed by atoms with Gasteiger partial charge in [0, 0.05) is 39.0 Å². The maximum atomic E-state index is 13.3. The Hall–Kier alpha value is -1.92. The van der Waals surface area contributed by atoms with Gasteiger partial charge in [-0.3, -0.25) is 9.59 Å². The van der Waals surface area contributed by atoms with Crippen molar-refractivity contribution in [3.05, 3.63) is 29.8 Å². The lowest BCUT2D eigenvalue weighted by atomic mass is 9.73. The van der Waals surface area contributed by atoms with Crippen molar-refractivity contribution >= 4 is 17.5 Å². The Morgan fingerprint density at radius 2 is 2.08 bits per heavy atom. The molecule has 2 fully saturated rings. The van der Waals surface area contributed by atoms with Gasteiger partial charge in [0.25, 0.3) is 5.91 Å². The molecule has 1 aromatic carbocycles. The molecule has 0 radical (unpaired) electrons. The maximum absolute atomic E-state index is 13.3. The van der Waals surface area contributed by atoms with Gasteiger partial charge in [0.05, 0.1) is 12.0 Å². The number of hydrogen-bond acceptors (Lipinski definition) is 4. The Morgan fingerprint density at radius 1 is 1.31 bits per heavy atom. The Labute approximate surface area is 154 Å². The molecule has 26 heavy (non-hydrogen) atoms. The molecular weight excluding hydrogens is 332 g/mol. The molecule has 2 amide bonds. The van der Waals surface area contributed by atoms with Gasteiger partial charge in [0.2, 0.25) is 5.91 Å². The number of ether oxygens (including phenoxy) is 2. The smallest absolute Gasteiger partial charge is 0.251 e. The molecule has 4 rings (SSSR count). The van der Waals surface area contributed by atoms with Gasteiger partial charge in [-0.2, -0.15) is 0 Å². The zero-order valence-electron chi connectivity index (χ0n) is 15.3. The first kappa shape index (κ1) is 17.5. The van der Waals surface area contributed by atoms with E-state index in [1.165, 1.54) is 0 Å². The molecule has 140 valence electrons. The topological polar surface area (TPSA) is 59.1 Å². The third-order valence-corrected chi connectivity index (χ3v) is 6.02. The molecule has 0 unspecified atom stereocenters. The summed E-state index contributed by atoms with van der Waals surface area (Å²) in [5.74, 6) is 0.243. The summed E-state index contributed by atoms with van der Waals surface area (Å²) in [4.78, 5) is 29.7. The number of nitrogens with zero attached hydrogens (tertiary/aromatic N) is 2. The lowest BCUT2D eigenvalue weighted by Crippen LogP contribution is -2.52. The molecule has 0 aromatic heterocycles. The summed E-state index contributed by atoms with van der Waals surface area (Å²) in [6, 6.07) is 8.05. The fraction of sp³-hybridized carbons (Fsp3) is 0.600. The molecule has 3 aliphatic heterocycles. The number of methoxy groups -OCH3 is 1. The van der Waals surface area contributed by atoms with Crippen molar-refractivity contribution in [3.8, 4) is 0 Å². The summed E-state index contributed by atoms with van der Waals surface area (Å²) in [5, 5.41) is 0. The van der Waals surface area contributed by atoms with Crippen LogP contribution in [0.4, 0.5) is 5.69 Å². The van der Waals surface area contributed by atoms with Gasteiger partial charge in [-0.15, -0.1) is 0 Å². The van der Waals surface area contributed by atoms with Crippen molar-refractivity contribution in [2.24, 2.45) is 0 Å². The summed E-state index contributed by atoms with van der Waals surface area (Å²) in [6.07, 6.45) is 2.82. The SMILES string of the molecule is COCCN1C(=O)C2(CCN(C(=O)[C@@H]3CCCO3)CC2)c2ccccc21. The molecule has 0 bridgehead atoms. The van der Waals surface area contributed by atoms with Crippen LogP contribution in [0, 0.1) is 0 Å². The number of piperidine rings is 1. The third-order valence-electron chi connectivity index (χ3n) is 6.02. The molecule has 1 aromatic rings. The van der Waals surface area contributed by atoms with Gasteiger partial charge < -0.3 is 19.3 Å². The van der Waals surface area contributed by atoms with E-state index in [0.29, 0.717) is 45.7 Å². The zero-order valence-corrected chi connectivity index (χ0v) is 15.3. The van der Waals surface area contributed by atoms with Crippen LogP contribution in [0.1, 0.15) is 31.2 Å². The minimum absolute atomic E-state index is 0.0901. The van der Waals surface area contributed by atoms with E-state index in [1.807, 2.05) is 28.0 Å². The van der Waals surface area contributed by atoms with Crippen molar-refractivity contribution in [2.45, 2.75) is 37.2 Å². The Morgan fingerprint density at radius 3 is 2.77 bits per heavy atom. The van der Waals surface area contributed by atoms with E-state index in [2.05, 4.69) is 6.07 Å². The molecule has 6 heteroatoms. The molecule has 3 aliphatic rings. The molecule has 3 heterocycles. The number of carbonyl (C=O) groups excluding carboxylic acids is 2. The molecule has 0 saturated carbocycles. The van der Waals surface area contributed by atoms with Crippen LogP contribution >= 0.6 is 0 Å². The highest BCUT2D eigenvalue weighted by atomic mass is 16.5. The van der Waals surface area contributed by atoms with Crippen molar-refractivity contribution in [1.29, 1.82) is 0 Å². The van der Waals surface area contributed by atoms with Crippen LogP contribution in [-0.4, -0.2) is 62.8 Å². The molecule has 0 N–H and O–H groups in total. The summed E-state index contributed by atoms with van der Waals surface area (Å²) >= 11 is 0. The lowest BCUT2D eigenvalue weighted by Gasteiger charge is -2.39. The second-order valence-electron chi connectivity index (χ2n) is 7.38. The maximum Gasteiger partial charge on any atom is 0.251 e. The van der Waals surface area contributed by atoms with E-state index in [1.54, 1.807) is 7.11 Å². The molecule has 6 nitrogen and oxygen atoms in total. The summed E-state index contributed by atoms with van der Waals surface area (Å²) in [6.45, 7) is 2.97. The molecule has 0 aliphatic carbocycles. The molecule has 1 spiro atoms. The monoisotopic (exact) mass is 358 g/mol. The van der Waals surface area contributed by atoms with Gasteiger partial charge in [-0.05, 0) is 37.3 Å². The normalized spacial score (nSPS) is 24.3. The summed E-state index contributed by atoms with van der Waals surface area (Å²) in [5.41, 5.74) is 1.59. The van der Waals surface area contributed by atoms with Crippen LogP contribution in [0.5, 0.6) is 0 Å². The van der Waals surface area contributed by atoms with E-state index in [9.17, 15) is 9.59 Å². The standard InChI is InChI=1S/C20H26N2O4/c1-25-14-12-22-16-6-3-2-5-15(16)20(19(22)24)8-10-21(11-9-20)18(23)17-7-4-13-26-17/h2-3,5-6,17H,4,7-14H2,1H3/t17-/m0/s1. The minimum Gasteiger partial charge on any atom is -0.383 e. The van der Waals surface area contributed by atoms with Crippen LogP contribution in [-0.2, 0) is 24.5 Å². The van der Waals surface area contributed by atoms with Crippen molar-refractivity contribution in [3.63, 3.8) is 0 Å². The lowest BCUT2D eigenvalue weighted by molar-refractivity contribution is -0.144. The first-order valence-electron chi connectivity index (χ1n) is 9.48. The predicted molar refractivity (Wildman–Crippen MR) is 97.1 cm³/mol. The van der Waals surface area contributed by atoms with Crippen LogP contribution in [0.2, 0.25) is 0 Å². The largest absolute Gasteiger partial charge is 0.383 e. The Kier molecular flexibility index (Phi) is 4.71. The van der Waals surface area contributed by atoms with Crippen molar-refractivity contribution < 1.29 is 19.1 Å². The number of hydrogen-bond donors (Lipinski definition) is 0. The van der Waals surface area contributed by atoms with E-state index in [4.69, 9.17) is 9.47 Å². The van der Waals surface area contributed by atoms with Crippen LogP contribution < -0.4 is 4.90 Å². The first-order valence-corrected chi connectivity index (χ1v) is 9.48. The van der Waals surface area contributed by atoms with Gasteiger partial charge in [-0.1, -0.05) is 18.2 Å². The van der Waals surface area contributed by atoms with Crippen LogP contribution in [0.3, 0.4) is 0 Å². The van der Waals surface area contributed by atoms with Crippen molar-refractivity contribution in [1.82, 2.24) is 4.90 Å². The molecule has 1 atom stereocenters. The number of likely N-dealkylation sites (tertiary alicyclic amines) is 1. The minimum atomic E-state index is -0.502. The summed E-state index contributed by atoms with van der Waals surface area (Å²) < 4.78 is 10.7. The average Bonchev–Trinajstić information content (AvgIpc) is 3.29. The highest BCUT2D eigenvalue weighted by Gasteiger charge is 2.52. The number of amides is 2. The van der Waals surface area contributed by atoms with Gasteiger partial charge >= 0.3 is 0 Å². The second kappa shape index (κ2) is 7.00. The second-order valence-corrected chi connectivity index (χ2v) is 7.38. The molecule has 2 saturated heterocycles. The van der Waals surface area contributed by atoms with Crippen LogP contribution in [0.15, 0.2) is 24.3 Å². The number of carbonyl (C=O) groups is 2. The number of benzene rings is 1. The number of anilines is 1. The number of fused-ring (bicyclic) bond motifs is 2. The van der Waals surface area contributed by atoms with E-state index >= 15 is 0 Å². The summed E-state index contributed by atoms with van der Waals surface area (Å²) in [7, 11) is 1.65. The third kappa shape index (κ3) is 2.72. The van der Waals surface area contributed by atoms with Gasteiger partial charge in [0.15, 0.2) is 0 Å².